The summed E-state index contributed by atoms with van der Waals surface area (Å²) in [5, 5.41) is 9.28. The Morgan fingerprint density at radius 3 is 2.85 bits per heavy atom. The molecule has 0 radical (unpaired) electrons. The monoisotopic (exact) mass is 395 g/mol. The summed E-state index contributed by atoms with van der Waals surface area (Å²) >= 11 is 1.85. The molecule has 3 rings (SSSR count). The molecule has 0 aromatic carbocycles. The molecule has 0 bridgehead atoms. The normalized spacial score (nSPS) is 26.5. The van der Waals surface area contributed by atoms with Gasteiger partial charge >= 0.3 is 12.1 Å². The minimum atomic E-state index is -5.08. The number of piperidine rings is 1. The quantitative estimate of drug-likeness (QED) is 0.845. The first-order valence-electron chi connectivity index (χ1n) is 8.54. The number of hydrogen-bond donors (Lipinski definition) is 1. The lowest BCUT2D eigenvalue weighted by Gasteiger charge is -2.39. The smallest absolute Gasteiger partial charge is 0.475 e. The van der Waals surface area contributed by atoms with Crippen LogP contribution in [0.4, 0.5) is 13.2 Å². The summed E-state index contributed by atoms with van der Waals surface area (Å²) < 4.78 is 43.6. The Kier molecular flexibility index (Phi) is 7.45. The van der Waals surface area contributed by atoms with Gasteiger partial charge in [-0.2, -0.15) is 13.2 Å². The van der Waals surface area contributed by atoms with Crippen molar-refractivity contribution in [3.8, 4) is 0 Å². The lowest BCUT2D eigenvalue weighted by molar-refractivity contribution is -0.192. The molecular formula is C17H24F3NO4S. The van der Waals surface area contributed by atoms with Gasteiger partial charge in [0.05, 0.1) is 18.3 Å². The van der Waals surface area contributed by atoms with Crippen molar-refractivity contribution in [2.24, 2.45) is 0 Å². The first-order valence-corrected chi connectivity index (χ1v) is 9.42. The molecule has 2 aliphatic rings. The zero-order valence-corrected chi connectivity index (χ0v) is 15.4. The summed E-state index contributed by atoms with van der Waals surface area (Å²) in [5.41, 5.74) is 0.0648. The third-order valence-electron chi connectivity index (χ3n) is 4.40. The van der Waals surface area contributed by atoms with Crippen LogP contribution < -0.4 is 0 Å². The number of hydrogen-bond acceptors (Lipinski definition) is 5. The fourth-order valence-corrected chi connectivity index (χ4v) is 4.12. The molecule has 1 N–H and O–H groups in total. The van der Waals surface area contributed by atoms with Crippen molar-refractivity contribution in [1.29, 1.82) is 0 Å². The minimum absolute atomic E-state index is 0.0648. The molecule has 1 aromatic heterocycles. The Morgan fingerprint density at radius 1 is 1.54 bits per heavy atom. The minimum Gasteiger partial charge on any atom is -0.475 e. The number of carbonyl (C=O) groups is 1. The van der Waals surface area contributed by atoms with Crippen LogP contribution in [0.3, 0.4) is 0 Å². The molecule has 2 atom stereocenters. The molecule has 2 saturated heterocycles. The van der Waals surface area contributed by atoms with E-state index >= 15 is 0 Å². The van der Waals surface area contributed by atoms with E-state index in [1.807, 2.05) is 11.3 Å². The molecule has 5 nitrogen and oxygen atoms in total. The lowest BCUT2D eigenvalue weighted by atomic mass is 9.89. The maximum atomic E-state index is 10.6. The van der Waals surface area contributed by atoms with E-state index in [-0.39, 0.29) is 5.60 Å². The van der Waals surface area contributed by atoms with Crippen LogP contribution in [0.25, 0.3) is 0 Å². The second kappa shape index (κ2) is 9.16. The van der Waals surface area contributed by atoms with E-state index in [2.05, 4.69) is 29.3 Å². The molecule has 26 heavy (non-hydrogen) atoms. The summed E-state index contributed by atoms with van der Waals surface area (Å²) in [6.07, 6.45) is -1.27. The third-order valence-corrected chi connectivity index (χ3v) is 5.26. The van der Waals surface area contributed by atoms with Gasteiger partial charge in [0.25, 0.3) is 0 Å². The van der Waals surface area contributed by atoms with E-state index in [0.29, 0.717) is 6.10 Å². The molecule has 0 saturated carbocycles. The summed E-state index contributed by atoms with van der Waals surface area (Å²) in [5.74, 6) is -2.76. The SMILES string of the molecule is CCO[C@H]1CO[C@@]2(CCCN(Cc3cccs3)C2)C1.O=C(O)C(F)(F)F. The topological polar surface area (TPSA) is 59.0 Å². The standard InChI is InChI=1S/C15H23NO2S.C2HF3O2/c1-2-17-13-9-15(18-11-13)6-4-7-16(12-15)10-14-5-3-8-19-14;3-2(4,5)1(6)7/h3,5,8,13H,2,4,6-7,9-12H2,1H3;(H,6,7)/t13-,15+;/m1./s1. The number of aliphatic carboxylic acids is 1. The van der Waals surface area contributed by atoms with Crippen LogP contribution in [0.15, 0.2) is 17.5 Å². The number of thiophene rings is 1. The zero-order valence-electron chi connectivity index (χ0n) is 14.6. The van der Waals surface area contributed by atoms with Crippen LogP contribution in [-0.2, 0) is 20.8 Å². The highest BCUT2D eigenvalue weighted by Gasteiger charge is 2.43. The zero-order chi connectivity index (χ0) is 19.2. The Bertz CT molecular complexity index is 567. The number of nitrogens with zero attached hydrogens (tertiary/aromatic N) is 1. The van der Waals surface area contributed by atoms with Crippen LogP contribution in [0.5, 0.6) is 0 Å². The maximum absolute atomic E-state index is 10.6. The number of rotatable bonds is 4. The Hall–Kier alpha value is -1.16. The number of halogens is 3. The average molecular weight is 395 g/mol. The summed E-state index contributed by atoms with van der Waals surface area (Å²) in [4.78, 5) is 12.9. The average Bonchev–Trinajstić information content (AvgIpc) is 3.18. The van der Waals surface area contributed by atoms with Crippen LogP contribution in [-0.4, -0.2) is 60.2 Å². The van der Waals surface area contributed by atoms with E-state index < -0.39 is 12.1 Å². The van der Waals surface area contributed by atoms with E-state index in [9.17, 15) is 13.2 Å². The highest BCUT2D eigenvalue weighted by Crippen LogP contribution is 2.36. The second-order valence-corrected chi connectivity index (χ2v) is 7.50. The first kappa shape index (κ1) is 21.1. The van der Waals surface area contributed by atoms with Gasteiger partial charge in [-0.15, -0.1) is 11.3 Å². The van der Waals surface area contributed by atoms with Crippen molar-refractivity contribution in [3.05, 3.63) is 22.4 Å². The molecule has 9 heteroatoms. The van der Waals surface area contributed by atoms with E-state index in [0.717, 1.165) is 32.7 Å². The number of likely N-dealkylation sites (tertiary alicyclic amines) is 1. The molecule has 2 fully saturated rings. The fraction of sp³-hybridized carbons (Fsp3) is 0.706. The Balaban J connectivity index is 0.000000298. The number of alkyl halides is 3. The van der Waals surface area contributed by atoms with Crippen molar-refractivity contribution in [1.82, 2.24) is 4.90 Å². The molecule has 3 heterocycles. The molecule has 0 aliphatic carbocycles. The molecule has 0 amide bonds. The summed E-state index contributed by atoms with van der Waals surface area (Å²) in [6.45, 7) is 6.97. The largest absolute Gasteiger partial charge is 0.490 e. The molecule has 2 aliphatic heterocycles. The molecule has 1 aromatic rings. The fourth-order valence-electron chi connectivity index (χ4n) is 3.38. The highest BCUT2D eigenvalue weighted by atomic mass is 32.1. The van der Waals surface area contributed by atoms with E-state index in [4.69, 9.17) is 19.4 Å². The first-order chi connectivity index (χ1) is 12.2. The van der Waals surface area contributed by atoms with Gasteiger partial charge in [-0.05, 0) is 37.8 Å². The summed E-state index contributed by atoms with van der Waals surface area (Å²) in [7, 11) is 0. The third kappa shape index (κ3) is 6.22. The predicted molar refractivity (Wildman–Crippen MR) is 91.2 cm³/mol. The van der Waals surface area contributed by atoms with Gasteiger partial charge in [0.15, 0.2) is 0 Å². The van der Waals surface area contributed by atoms with Crippen molar-refractivity contribution in [2.45, 2.75) is 50.6 Å². The second-order valence-electron chi connectivity index (χ2n) is 6.47. The molecule has 0 unspecified atom stereocenters. The predicted octanol–water partition coefficient (Wildman–Crippen LogP) is 3.54. The number of carboxylic acids is 1. The van der Waals surface area contributed by atoms with Gasteiger partial charge < -0.3 is 14.6 Å². The summed E-state index contributed by atoms with van der Waals surface area (Å²) in [6, 6.07) is 4.36. The number of ether oxygens (including phenoxy) is 2. The lowest BCUT2D eigenvalue weighted by Crippen LogP contribution is -2.47. The van der Waals surface area contributed by atoms with Crippen molar-refractivity contribution in [2.75, 3.05) is 26.3 Å². The molecule has 148 valence electrons. The van der Waals surface area contributed by atoms with E-state index in [1.165, 1.54) is 24.3 Å². The van der Waals surface area contributed by atoms with Crippen LogP contribution in [0.1, 0.15) is 31.1 Å². The Labute approximate surface area is 154 Å². The van der Waals surface area contributed by atoms with Crippen LogP contribution in [0, 0.1) is 0 Å². The van der Waals surface area contributed by atoms with Crippen LogP contribution >= 0.6 is 11.3 Å². The van der Waals surface area contributed by atoms with Gasteiger partial charge in [0, 0.05) is 31.0 Å². The van der Waals surface area contributed by atoms with Crippen LogP contribution in [0.2, 0.25) is 0 Å². The van der Waals surface area contributed by atoms with Gasteiger partial charge in [-0.25, -0.2) is 4.79 Å². The molecular weight excluding hydrogens is 371 g/mol. The Morgan fingerprint density at radius 2 is 2.27 bits per heavy atom. The maximum Gasteiger partial charge on any atom is 0.490 e. The van der Waals surface area contributed by atoms with Gasteiger partial charge in [0.1, 0.15) is 0 Å². The van der Waals surface area contributed by atoms with Gasteiger partial charge in [0.2, 0.25) is 0 Å². The number of carboxylic acid groups (broad SMARTS) is 1. The van der Waals surface area contributed by atoms with Gasteiger partial charge in [-0.3, -0.25) is 4.90 Å². The highest BCUT2D eigenvalue weighted by molar-refractivity contribution is 7.09. The van der Waals surface area contributed by atoms with Crippen molar-refractivity contribution in [3.63, 3.8) is 0 Å². The molecule has 1 spiro atoms. The van der Waals surface area contributed by atoms with Crippen molar-refractivity contribution < 1.29 is 32.5 Å². The van der Waals surface area contributed by atoms with Crippen molar-refractivity contribution >= 4 is 17.3 Å². The van der Waals surface area contributed by atoms with Gasteiger partial charge in [-0.1, -0.05) is 6.07 Å². The van der Waals surface area contributed by atoms with E-state index in [1.54, 1.807) is 0 Å².